The van der Waals surface area contributed by atoms with Gasteiger partial charge >= 0.3 is 57.9 Å². The maximum absolute atomic E-state index is 3.02. The van der Waals surface area contributed by atoms with E-state index in [0.717, 1.165) is 0 Å². The molecule has 1 fully saturated rings. The number of likely N-dealkylation sites (tertiary alicyclic amines) is 1. The number of hydrogen-bond acceptors (Lipinski definition) is 1. The van der Waals surface area contributed by atoms with Crippen LogP contribution in [0.1, 0.15) is 19.8 Å². The molecule has 8 heavy (non-hydrogen) atoms. The molecular formula is C6H11NSe. The average Bonchev–Trinajstić information content (AvgIpc) is 2.12. The van der Waals surface area contributed by atoms with E-state index in [-0.39, 0.29) is 0 Å². The van der Waals surface area contributed by atoms with Crippen LogP contribution in [0, 0.1) is 0 Å². The summed E-state index contributed by atoms with van der Waals surface area (Å²) in [5.74, 6) is 0. The predicted molar refractivity (Wildman–Crippen MR) is 37.2 cm³/mol. The molecule has 0 aromatic heterocycles. The number of hydrogen-bond donors (Lipinski definition) is 0. The fourth-order valence-corrected chi connectivity index (χ4v) is 1.42. The Morgan fingerprint density at radius 2 is 1.88 bits per heavy atom. The maximum atomic E-state index is 3.02. The standard InChI is InChI=1S/C6H11NSe/c1-6(8)7-4-2-3-5-7/h2-5H2,1H3. The molecule has 0 aromatic rings. The van der Waals surface area contributed by atoms with E-state index in [1.165, 1.54) is 30.5 Å². The van der Waals surface area contributed by atoms with Gasteiger partial charge in [0.1, 0.15) is 0 Å². The molecule has 0 saturated carbocycles. The topological polar surface area (TPSA) is 3.24 Å². The Balaban J connectivity index is 2.35. The first-order valence-corrected chi connectivity index (χ1v) is 3.92. The SMILES string of the molecule is CC(=[Se])N1CCCC1. The summed E-state index contributed by atoms with van der Waals surface area (Å²) in [5.41, 5.74) is 0. The van der Waals surface area contributed by atoms with Gasteiger partial charge in [-0.05, 0) is 0 Å². The van der Waals surface area contributed by atoms with Crippen molar-refractivity contribution in [3.05, 3.63) is 0 Å². The molecule has 0 aliphatic carbocycles. The quantitative estimate of drug-likeness (QED) is 0.523. The van der Waals surface area contributed by atoms with Crippen LogP contribution in [0.25, 0.3) is 0 Å². The van der Waals surface area contributed by atoms with Crippen molar-refractivity contribution in [3.8, 4) is 0 Å². The first-order valence-electron chi connectivity index (χ1n) is 3.06. The zero-order valence-electron chi connectivity index (χ0n) is 5.18. The third-order valence-corrected chi connectivity index (χ3v) is 2.09. The predicted octanol–water partition coefficient (Wildman–Crippen LogP) is 0.401. The molecule has 2 heteroatoms. The summed E-state index contributed by atoms with van der Waals surface area (Å²) in [6.07, 6.45) is 2.75. The van der Waals surface area contributed by atoms with Gasteiger partial charge in [-0.15, -0.1) is 0 Å². The van der Waals surface area contributed by atoms with Crippen LogP contribution in [0.2, 0.25) is 0 Å². The van der Waals surface area contributed by atoms with Crippen molar-refractivity contribution in [2.24, 2.45) is 0 Å². The zero-order chi connectivity index (χ0) is 5.98. The Bertz CT molecular complexity index is 94.7. The summed E-state index contributed by atoms with van der Waals surface area (Å²) in [5, 5.41) is 0. The average molecular weight is 176 g/mol. The monoisotopic (exact) mass is 177 g/mol. The van der Waals surface area contributed by atoms with Crippen molar-refractivity contribution in [1.82, 2.24) is 4.90 Å². The van der Waals surface area contributed by atoms with E-state index in [1.807, 2.05) is 0 Å². The van der Waals surface area contributed by atoms with Crippen molar-refractivity contribution in [1.29, 1.82) is 0 Å². The molecule has 0 N–H and O–H groups in total. The van der Waals surface area contributed by atoms with E-state index in [4.69, 9.17) is 0 Å². The van der Waals surface area contributed by atoms with Crippen LogP contribution in [-0.2, 0) is 0 Å². The van der Waals surface area contributed by atoms with Gasteiger partial charge in [0.2, 0.25) is 0 Å². The molecule has 1 saturated heterocycles. The van der Waals surface area contributed by atoms with Crippen LogP contribution < -0.4 is 0 Å². The van der Waals surface area contributed by atoms with Gasteiger partial charge in [0.05, 0.1) is 0 Å². The van der Waals surface area contributed by atoms with Crippen molar-refractivity contribution < 1.29 is 0 Å². The van der Waals surface area contributed by atoms with Gasteiger partial charge in [-0.2, -0.15) is 0 Å². The van der Waals surface area contributed by atoms with Crippen LogP contribution in [0.4, 0.5) is 0 Å². The zero-order valence-corrected chi connectivity index (χ0v) is 6.90. The van der Waals surface area contributed by atoms with Gasteiger partial charge in [-0.1, -0.05) is 0 Å². The van der Waals surface area contributed by atoms with E-state index in [9.17, 15) is 0 Å². The van der Waals surface area contributed by atoms with Gasteiger partial charge in [-0.3, -0.25) is 0 Å². The fraction of sp³-hybridized carbons (Fsp3) is 0.833. The summed E-state index contributed by atoms with van der Waals surface area (Å²) in [4.78, 5) is 2.39. The van der Waals surface area contributed by atoms with E-state index < -0.39 is 0 Å². The van der Waals surface area contributed by atoms with Crippen LogP contribution in [0.5, 0.6) is 0 Å². The molecule has 1 aliphatic heterocycles. The summed E-state index contributed by atoms with van der Waals surface area (Å²) in [6.45, 7) is 4.66. The second kappa shape index (κ2) is 2.65. The summed E-state index contributed by atoms with van der Waals surface area (Å²) in [6, 6.07) is 0. The molecular weight excluding hydrogens is 165 g/mol. The van der Waals surface area contributed by atoms with E-state index in [0.29, 0.717) is 0 Å². The molecule has 0 unspecified atom stereocenters. The Labute approximate surface area is 58.4 Å². The van der Waals surface area contributed by atoms with Gasteiger partial charge in [0.15, 0.2) is 0 Å². The second-order valence-corrected chi connectivity index (χ2v) is 3.45. The van der Waals surface area contributed by atoms with Crippen LogP contribution in [0.3, 0.4) is 0 Å². The Hall–Kier alpha value is 0.189. The van der Waals surface area contributed by atoms with Gasteiger partial charge in [0.25, 0.3) is 0 Å². The molecule has 0 radical (unpaired) electrons. The van der Waals surface area contributed by atoms with Gasteiger partial charge < -0.3 is 0 Å². The Morgan fingerprint density at radius 3 is 2.12 bits per heavy atom. The van der Waals surface area contributed by atoms with Crippen molar-refractivity contribution in [3.63, 3.8) is 0 Å². The van der Waals surface area contributed by atoms with Crippen LogP contribution in [-0.4, -0.2) is 38.1 Å². The van der Waals surface area contributed by atoms with E-state index >= 15 is 0 Å². The Kier molecular flexibility index (Phi) is 2.09. The number of rotatable bonds is 1. The third kappa shape index (κ3) is 1.33. The normalized spacial score (nSPS) is 19.4. The summed E-state index contributed by atoms with van der Waals surface area (Å²) >= 11 is 3.02. The molecule has 0 atom stereocenters. The van der Waals surface area contributed by atoms with Crippen LogP contribution in [0.15, 0.2) is 0 Å². The van der Waals surface area contributed by atoms with E-state index in [1.54, 1.807) is 0 Å². The molecule has 0 amide bonds. The molecule has 1 heterocycles. The van der Waals surface area contributed by atoms with Crippen LogP contribution >= 0.6 is 0 Å². The molecule has 0 bridgehead atoms. The number of nitrogens with zero attached hydrogens (tertiary/aromatic N) is 1. The van der Waals surface area contributed by atoms with Crippen molar-refractivity contribution in [2.45, 2.75) is 19.8 Å². The van der Waals surface area contributed by atoms with Gasteiger partial charge in [-0.25, -0.2) is 0 Å². The second-order valence-electron chi connectivity index (χ2n) is 2.21. The summed E-state index contributed by atoms with van der Waals surface area (Å²) in [7, 11) is 0. The molecule has 1 nitrogen and oxygen atoms in total. The molecule has 46 valence electrons. The molecule has 0 spiro atoms. The first kappa shape index (κ1) is 6.31. The molecule has 0 aromatic carbocycles. The van der Waals surface area contributed by atoms with Crippen molar-refractivity contribution >= 4 is 20.1 Å². The van der Waals surface area contributed by atoms with Gasteiger partial charge in [0, 0.05) is 0 Å². The molecule has 1 aliphatic rings. The summed E-state index contributed by atoms with van der Waals surface area (Å²) < 4.78 is 1.35. The first-order chi connectivity index (χ1) is 3.80. The fourth-order valence-electron chi connectivity index (χ4n) is 1.03. The Morgan fingerprint density at radius 1 is 1.38 bits per heavy atom. The molecule has 1 rings (SSSR count). The minimum absolute atomic E-state index is 1.26. The third-order valence-electron chi connectivity index (χ3n) is 1.55. The minimum atomic E-state index is 1.26. The van der Waals surface area contributed by atoms with E-state index in [2.05, 4.69) is 27.4 Å². The van der Waals surface area contributed by atoms with Crippen molar-refractivity contribution in [2.75, 3.05) is 13.1 Å².